The third-order valence-corrected chi connectivity index (χ3v) is 5.58. The molecule has 1 saturated heterocycles. The lowest BCUT2D eigenvalue weighted by atomic mass is 10.2. The third-order valence-electron chi connectivity index (χ3n) is 4.44. The molecule has 1 aliphatic rings. The number of anilines is 3. The maximum Gasteiger partial charge on any atom is 0.245 e. The zero-order valence-electron chi connectivity index (χ0n) is 15.1. The van der Waals surface area contributed by atoms with E-state index < -0.39 is 28.3 Å². The predicted molar refractivity (Wildman–Crippen MR) is 105 cm³/mol. The van der Waals surface area contributed by atoms with Crippen LogP contribution in [0.15, 0.2) is 48.5 Å². The predicted octanol–water partition coefficient (Wildman–Crippen LogP) is 2.83. The Morgan fingerprint density at radius 1 is 1.11 bits per heavy atom. The number of benzene rings is 2. The van der Waals surface area contributed by atoms with Crippen LogP contribution in [0.2, 0.25) is 0 Å². The van der Waals surface area contributed by atoms with Gasteiger partial charge >= 0.3 is 0 Å². The number of nitrogens with zero attached hydrogens (tertiary/aromatic N) is 2. The van der Waals surface area contributed by atoms with Gasteiger partial charge in [0.05, 0.1) is 17.6 Å². The summed E-state index contributed by atoms with van der Waals surface area (Å²) >= 11 is 0. The standard InChI is InChI=1S/C19H22FN3O3S/c1-27(25,26)23(14-19(24)21-18-7-3-2-6-17(18)20)16-10-8-15(9-11-16)22-12-4-5-13-22/h2-3,6-11H,4-5,12-14H2,1H3,(H,21,24). The van der Waals surface area contributed by atoms with Crippen molar-refractivity contribution in [3.63, 3.8) is 0 Å². The lowest BCUT2D eigenvalue weighted by Gasteiger charge is -2.23. The maximum absolute atomic E-state index is 13.7. The molecular formula is C19H22FN3O3S. The van der Waals surface area contributed by atoms with Crippen LogP contribution in [0.1, 0.15) is 12.8 Å². The van der Waals surface area contributed by atoms with E-state index in [0.717, 1.165) is 42.2 Å². The molecule has 144 valence electrons. The van der Waals surface area contributed by atoms with E-state index in [4.69, 9.17) is 0 Å². The minimum absolute atomic E-state index is 0.0142. The molecule has 1 aliphatic heterocycles. The normalized spacial score (nSPS) is 14.2. The molecule has 2 aromatic rings. The molecule has 0 aliphatic carbocycles. The molecule has 2 aromatic carbocycles. The Balaban J connectivity index is 1.76. The quantitative estimate of drug-likeness (QED) is 0.822. The minimum atomic E-state index is -3.68. The summed E-state index contributed by atoms with van der Waals surface area (Å²) in [7, 11) is -3.68. The van der Waals surface area contributed by atoms with Crippen LogP contribution in [0.5, 0.6) is 0 Å². The second-order valence-corrected chi connectivity index (χ2v) is 8.42. The van der Waals surface area contributed by atoms with Gasteiger partial charge in [-0.15, -0.1) is 0 Å². The molecule has 3 rings (SSSR count). The van der Waals surface area contributed by atoms with Gasteiger partial charge < -0.3 is 10.2 Å². The molecular weight excluding hydrogens is 369 g/mol. The minimum Gasteiger partial charge on any atom is -0.372 e. The average Bonchev–Trinajstić information content (AvgIpc) is 3.16. The Kier molecular flexibility index (Phi) is 5.65. The van der Waals surface area contributed by atoms with Crippen LogP contribution in [-0.4, -0.2) is 40.2 Å². The number of amides is 1. The van der Waals surface area contributed by atoms with Crippen LogP contribution < -0.4 is 14.5 Å². The highest BCUT2D eigenvalue weighted by atomic mass is 32.2. The van der Waals surface area contributed by atoms with Crippen molar-refractivity contribution in [3.05, 3.63) is 54.3 Å². The molecule has 1 amide bonds. The first kappa shape index (κ1) is 19.2. The Bertz CT molecular complexity index is 910. The van der Waals surface area contributed by atoms with E-state index in [1.165, 1.54) is 18.2 Å². The molecule has 0 radical (unpaired) electrons. The molecule has 1 heterocycles. The van der Waals surface area contributed by atoms with E-state index in [1.54, 1.807) is 18.2 Å². The van der Waals surface area contributed by atoms with Crippen molar-refractivity contribution < 1.29 is 17.6 Å². The first-order valence-electron chi connectivity index (χ1n) is 8.72. The Morgan fingerprint density at radius 3 is 2.33 bits per heavy atom. The van der Waals surface area contributed by atoms with Gasteiger partial charge in [0.25, 0.3) is 0 Å². The number of carbonyl (C=O) groups is 1. The van der Waals surface area contributed by atoms with Crippen molar-refractivity contribution >= 4 is 33.0 Å². The number of carbonyl (C=O) groups excluding carboxylic acids is 1. The van der Waals surface area contributed by atoms with Gasteiger partial charge in [-0.05, 0) is 49.2 Å². The largest absolute Gasteiger partial charge is 0.372 e. The summed E-state index contributed by atoms with van der Waals surface area (Å²) in [4.78, 5) is 14.5. The fourth-order valence-corrected chi connectivity index (χ4v) is 3.94. The van der Waals surface area contributed by atoms with Gasteiger partial charge in [0.1, 0.15) is 12.4 Å². The van der Waals surface area contributed by atoms with Crippen molar-refractivity contribution in [1.29, 1.82) is 0 Å². The monoisotopic (exact) mass is 391 g/mol. The molecule has 0 spiro atoms. The van der Waals surface area contributed by atoms with E-state index in [2.05, 4.69) is 10.2 Å². The molecule has 0 unspecified atom stereocenters. The van der Waals surface area contributed by atoms with Crippen molar-refractivity contribution in [1.82, 2.24) is 0 Å². The number of sulfonamides is 1. The van der Waals surface area contributed by atoms with Crippen molar-refractivity contribution in [2.24, 2.45) is 0 Å². The van der Waals surface area contributed by atoms with Gasteiger partial charge in [0.15, 0.2) is 0 Å². The van der Waals surface area contributed by atoms with Crippen LogP contribution >= 0.6 is 0 Å². The van der Waals surface area contributed by atoms with E-state index in [9.17, 15) is 17.6 Å². The van der Waals surface area contributed by atoms with Crippen LogP contribution in [-0.2, 0) is 14.8 Å². The lowest BCUT2D eigenvalue weighted by Crippen LogP contribution is -2.37. The number of hydrogen-bond acceptors (Lipinski definition) is 4. The molecule has 0 atom stereocenters. The molecule has 1 fully saturated rings. The zero-order chi connectivity index (χ0) is 19.4. The summed E-state index contributed by atoms with van der Waals surface area (Å²) in [5.41, 5.74) is 1.44. The molecule has 0 saturated carbocycles. The molecule has 27 heavy (non-hydrogen) atoms. The highest BCUT2D eigenvalue weighted by Crippen LogP contribution is 2.25. The Hall–Kier alpha value is -2.61. The van der Waals surface area contributed by atoms with Crippen LogP contribution in [0, 0.1) is 5.82 Å². The summed E-state index contributed by atoms with van der Waals surface area (Å²) in [6.07, 6.45) is 3.33. The molecule has 0 bridgehead atoms. The smallest absolute Gasteiger partial charge is 0.245 e. The number of halogens is 1. The lowest BCUT2D eigenvalue weighted by molar-refractivity contribution is -0.114. The Labute approximate surface area is 158 Å². The Morgan fingerprint density at radius 2 is 1.74 bits per heavy atom. The van der Waals surface area contributed by atoms with Crippen molar-refractivity contribution in [2.75, 3.05) is 40.4 Å². The SMILES string of the molecule is CS(=O)(=O)N(CC(=O)Nc1ccccc1F)c1ccc(N2CCCC2)cc1. The fourth-order valence-electron chi connectivity index (χ4n) is 3.09. The molecule has 0 aromatic heterocycles. The third kappa shape index (κ3) is 4.77. The van der Waals surface area contributed by atoms with Gasteiger partial charge in [-0.25, -0.2) is 12.8 Å². The second-order valence-electron chi connectivity index (χ2n) is 6.51. The van der Waals surface area contributed by atoms with Gasteiger partial charge in [0, 0.05) is 18.8 Å². The van der Waals surface area contributed by atoms with Gasteiger partial charge in [-0.2, -0.15) is 0 Å². The van der Waals surface area contributed by atoms with Crippen LogP contribution in [0.4, 0.5) is 21.5 Å². The molecule has 6 nitrogen and oxygen atoms in total. The summed E-state index contributed by atoms with van der Waals surface area (Å²) in [6.45, 7) is 1.54. The summed E-state index contributed by atoms with van der Waals surface area (Å²) in [6, 6.07) is 12.8. The van der Waals surface area contributed by atoms with E-state index in [-0.39, 0.29) is 5.69 Å². The summed E-state index contributed by atoms with van der Waals surface area (Å²) in [5, 5.41) is 2.41. The number of para-hydroxylation sites is 1. The first-order chi connectivity index (χ1) is 12.8. The molecule has 8 heteroatoms. The van der Waals surface area contributed by atoms with Crippen LogP contribution in [0.25, 0.3) is 0 Å². The van der Waals surface area contributed by atoms with Crippen molar-refractivity contribution in [3.8, 4) is 0 Å². The second kappa shape index (κ2) is 7.96. The number of hydrogen-bond donors (Lipinski definition) is 1. The fraction of sp³-hybridized carbons (Fsp3) is 0.316. The van der Waals surface area contributed by atoms with E-state index in [0.29, 0.717) is 5.69 Å². The zero-order valence-corrected chi connectivity index (χ0v) is 15.9. The van der Waals surface area contributed by atoms with Gasteiger partial charge in [-0.3, -0.25) is 9.10 Å². The molecule has 1 N–H and O–H groups in total. The average molecular weight is 391 g/mol. The van der Waals surface area contributed by atoms with Gasteiger partial charge in [0.2, 0.25) is 15.9 Å². The summed E-state index contributed by atoms with van der Waals surface area (Å²) < 4.78 is 39.1. The highest BCUT2D eigenvalue weighted by molar-refractivity contribution is 7.92. The first-order valence-corrected chi connectivity index (χ1v) is 10.6. The highest BCUT2D eigenvalue weighted by Gasteiger charge is 2.22. The van der Waals surface area contributed by atoms with Crippen molar-refractivity contribution in [2.45, 2.75) is 12.8 Å². The number of nitrogens with one attached hydrogen (secondary N) is 1. The maximum atomic E-state index is 13.7. The topological polar surface area (TPSA) is 69.7 Å². The van der Waals surface area contributed by atoms with Gasteiger partial charge in [-0.1, -0.05) is 12.1 Å². The van der Waals surface area contributed by atoms with E-state index >= 15 is 0 Å². The number of rotatable bonds is 6. The van der Waals surface area contributed by atoms with E-state index in [1.807, 2.05) is 12.1 Å². The van der Waals surface area contributed by atoms with Crippen LogP contribution in [0.3, 0.4) is 0 Å². The summed E-state index contributed by atoms with van der Waals surface area (Å²) in [5.74, 6) is -1.19.